The molecule has 1 aromatic heterocycles. The molecule has 0 saturated carbocycles. The first-order chi connectivity index (χ1) is 9.31. The van der Waals surface area contributed by atoms with E-state index >= 15 is 0 Å². The van der Waals surface area contributed by atoms with Gasteiger partial charge in [0.15, 0.2) is 0 Å². The lowest BCUT2D eigenvalue weighted by Gasteiger charge is -2.07. The molecule has 4 heteroatoms. The Hall–Kier alpha value is -0.870. The maximum Gasteiger partial charge on any atom is 0.261 e. The molecule has 0 unspecified atom stereocenters. The fraction of sp³-hybridized carbons (Fsp3) is 0.667. The van der Waals surface area contributed by atoms with Crippen molar-refractivity contribution in [3.63, 3.8) is 0 Å². The summed E-state index contributed by atoms with van der Waals surface area (Å²) >= 11 is 1.68. The van der Waals surface area contributed by atoms with E-state index in [4.69, 9.17) is 4.74 Å². The van der Waals surface area contributed by atoms with Crippen molar-refractivity contribution in [2.75, 3.05) is 19.8 Å². The Labute approximate surface area is 119 Å². The number of hydrogen-bond donors (Lipinski definition) is 1. The largest absolute Gasteiger partial charge is 0.380 e. The highest BCUT2D eigenvalue weighted by Crippen LogP contribution is 2.28. The zero-order valence-electron chi connectivity index (χ0n) is 11.7. The molecule has 1 aliphatic rings. The number of thiophene rings is 1. The molecule has 0 spiro atoms. The standard InChI is InChI=1S/C15H23NO2S/c1-2-18-10-9-16-15(17)14-11-12-7-5-3-4-6-8-13(12)19-14/h11H,2-10H2,1H3,(H,16,17). The third kappa shape index (κ3) is 4.32. The molecule has 0 fully saturated rings. The second-order valence-electron chi connectivity index (χ2n) is 4.93. The lowest BCUT2D eigenvalue weighted by Crippen LogP contribution is -2.26. The van der Waals surface area contributed by atoms with Crippen LogP contribution in [-0.4, -0.2) is 25.7 Å². The van der Waals surface area contributed by atoms with Gasteiger partial charge < -0.3 is 10.1 Å². The Morgan fingerprint density at radius 2 is 2.11 bits per heavy atom. The number of hydrogen-bond acceptors (Lipinski definition) is 3. The summed E-state index contributed by atoms with van der Waals surface area (Å²) in [6.45, 7) is 3.84. The number of carbonyl (C=O) groups is 1. The molecule has 1 aliphatic carbocycles. The fourth-order valence-corrected chi connectivity index (χ4v) is 3.59. The highest BCUT2D eigenvalue weighted by Gasteiger charge is 2.15. The Morgan fingerprint density at radius 1 is 1.32 bits per heavy atom. The summed E-state index contributed by atoms with van der Waals surface area (Å²) in [7, 11) is 0. The molecule has 0 aromatic carbocycles. The van der Waals surface area contributed by atoms with Crippen LogP contribution in [0, 0.1) is 0 Å². The van der Waals surface area contributed by atoms with E-state index in [-0.39, 0.29) is 5.91 Å². The van der Waals surface area contributed by atoms with Crippen LogP contribution in [0.1, 0.15) is 52.7 Å². The van der Waals surface area contributed by atoms with Crippen molar-refractivity contribution in [2.45, 2.75) is 45.4 Å². The monoisotopic (exact) mass is 281 g/mol. The molecule has 1 aromatic rings. The Morgan fingerprint density at radius 3 is 2.89 bits per heavy atom. The van der Waals surface area contributed by atoms with E-state index in [0.29, 0.717) is 19.8 Å². The average Bonchev–Trinajstić information content (AvgIpc) is 2.77. The quantitative estimate of drug-likeness (QED) is 0.842. The number of fused-ring (bicyclic) bond motifs is 1. The topological polar surface area (TPSA) is 38.3 Å². The highest BCUT2D eigenvalue weighted by molar-refractivity contribution is 7.14. The first kappa shape index (κ1) is 14.5. The molecule has 0 atom stereocenters. The predicted octanol–water partition coefficient (Wildman–Crippen LogP) is 3.17. The maximum atomic E-state index is 12.0. The number of carbonyl (C=O) groups excluding carboxylic acids is 1. The van der Waals surface area contributed by atoms with E-state index in [1.165, 1.54) is 36.1 Å². The van der Waals surface area contributed by atoms with Gasteiger partial charge in [0.1, 0.15) is 0 Å². The molecule has 2 rings (SSSR count). The van der Waals surface area contributed by atoms with Crippen LogP contribution in [0.5, 0.6) is 0 Å². The summed E-state index contributed by atoms with van der Waals surface area (Å²) in [6.07, 6.45) is 7.46. The number of nitrogens with one attached hydrogen (secondary N) is 1. The first-order valence-electron chi connectivity index (χ1n) is 7.28. The van der Waals surface area contributed by atoms with E-state index in [2.05, 4.69) is 11.4 Å². The summed E-state index contributed by atoms with van der Waals surface area (Å²) in [5.74, 6) is 0.0523. The van der Waals surface area contributed by atoms with Gasteiger partial charge in [-0.3, -0.25) is 4.79 Å². The molecule has 0 radical (unpaired) electrons. The van der Waals surface area contributed by atoms with Crippen molar-refractivity contribution < 1.29 is 9.53 Å². The van der Waals surface area contributed by atoms with Crippen LogP contribution >= 0.6 is 11.3 Å². The maximum absolute atomic E-state index is 12.0. The Balaban J connectivity index is 1.92. The van der Waals surface area contributed by atoms with Crippen molar-refractivity contribution in [3.05, 3.63) is 21.4 Å². The number of rotatable bonds is 5. The van der Waals surface area contributed by atoms with Gasteiger partial charge >= 0.3 is 0 Å². The van der Waals surface area contributed by atoms with Crippen LogP contribution in [0.15, 0.2) is 6.07 Å². The molecule has 1 heterocycles. The van der Waals surface area contributed by atoms with E-state index in [1.807, 2.05) is 6.92 Å². The van der Waals surface area contributed by atoms with Crippen molar-refractivity contribution in [3.8, 4) is 0 Å². The molecule has 1 N–H and O–H groups in total. The zero-order chi connectivity index (χ0) is 13.5. The summed E-state index contributed by atoms with van der Waals surface area (Å²) in [5.41, 5.74) is 1.40. The summed E-state index contributed by atoms with van der Waals surface area (Å²) in [6, 6.07) is 2.10. The molecule has 0 aliphatic heterocycles. The third-order valence-corrected chi connectivity index (χ3v) is 4.69. The SMILES string of the molecule is CCOCCNC(=O)c1cc2c(s1)CCCCCC2. The molecule has 3 nitrogen and oxygen atoms in total. The highest BCUT2D eigenvalue weighted by atomic mass is 32.1. The molecule has 19 heavy (non-hydrogen) atoms. The van der Waals surface area contributed by atoms with Gasteiger partial charge in [0.25, 0.3) is 5.91 Å². The van der Waals surface area contributed by atoms with Crippen molar-refractivity contribution in [1.29, 1.82) is 0 Å². The van der Waals surface area contributed by atoms with Crippen LogP contribution in [0.2, 0.25) is 0 Å². The number of aryl methyl sites for hydroxylation is 2. The molecule has 1 amide bonds. The van der Waals surface area contributed by atoms with Crippen molar-refractivity contribution in [1.82, 2.24) is 5.32 Å². The molecular formula is C15H23NO2S. The molecule has 0 bridgehead atoms. The van der Waals surface area contributed by atoms with Crippen LogP contribution in [-0.2, 0) is 17.6 Å². The summed E-state index contributed by atoms with van der Waals surface area (Å²) in [4.78, 5) is 14.3. The van der Waals surface area contributed by atoms with Crippen LogP contribution in [0.3, 0.4) is 0 Å². The number of amides is 1. The van der Waals surface area contributed by atoms with Crippen LogP contribution < -0.4 is 5.32 Å². The van der Waals surface area contributed by atoms with Crippen LogP contribution in [0.25, 0.3) is 0 Å². The Kier molecular flexibility index (Phi) is 5.86. The first-order valence-corrected chi connectivity index (χ1v) is 8.10. The lowest BCUT2D eigenvalue weighted by atomic mass is 10.00. The smallest absolute Gasteiger partial charge is 0.261 e. The fourth-order valence-electron chi connectivity index (χ4n) is 2.42. The Bertz CT molecular complexity index is 389. The number of ether oxygens (including phenoxy) is 1. The second kappa shape index (κ2) is 7.65. The van der Waals surface area contributed by atoms with Crippen LogP contribution in [0.4, 0.5) is 0 Å². The van der Waals surface area contributed by atoms with Gasteiger partial charge in [0, 0.05) is 18.0 Å². The van der Waals surface area contributed by atoms with Gasteiger partial charge in [0.05, 0.1) is 11.5 Å². The van der Waals surface area contributed by atoms with Gasteiger partial charge in [-0.25, -0.2) is 0 Å². The minimum atomic E-state index is 0.0523. The second-order valence-corrected chi connectivity index (χ2v) is 6.06. The summed E-state index contributed by atoms with van der Waals surface area (Å²) < 4.78 is 5.22. The van der Waals surface area contributed by atoms with E-state index in [1.54, 1.807) is 11.3 Å². The van der Waals surface area contributed by atoms with E-state index in [9.17, 15) is 4.79 Å². The van der Waals surface area contributed by atoms with Gasteiger partial charge in [-0.05, 0) is 44.2 Å². The molecular weight excluding hydrogens is 258 g/mol. The zero-order valence-corrected chi connectivity index (χ0v) is 12.5. The minimum absolute atomic E-state index is 0.0523. The van der Waals surface area contributed by atoms with Crippen molar-refractivity contribution >= 4 is 17.2 Å². The predicted molar refractivity (Wildman–Crippen MR) is 79.0 cm³/mol. The normalized spacial score (nSPS) is 15.4. The van der Waals surface area contributed by atoms with Crippen molar-refractivity contribution in [2.24, 2.45) is 0 Å². The van der Waals surface area contributed by atoms with Gasteiger partial charge in [0.2, 0.25) is 0 Å². The third-order valence-electron chi connectivity index (χ3n) is 3.46. The van der Waals surface area contributed by atoms with Gasteiger partial charge in [-0.1, -0.05) is 12.8 Å². The van der Waals surface area contributed by atoms with E-state index in [0.717, 1.165) is 17.7 Å². The lowest BCUT2D eigenvalue weighted by molar-refractivity contribution is 0.0926. The van der Waals surface area contributed by atoms with E-state index < -0.39 is 0 Å². The van der Waals surface area contributed by atoms with Gasteiger partial charge in [-0.2, -0.15) is 0 Å². The summed E-state index contributed by atoms with van der Waals surface area (Å²) in [5, 5.41) is 2.92. The minimum Gasteiger partial charge on any atom is -0.380 e. The average molecular weight is 281 g/mol. The van der Waals surface area contributed by atoms with Gasteiger partial charge in [-0.15, -0.1) is 11.3 Å². The molecule has 106 valence electrons. The molecule has 0 saturated heterocycles.